The van der Waals surface area contributed by atoms with E-state index in [4.69, 9.17) is 23.2 Å². The number of amides is 2. The lowest BCUT2D eigenvalue weighted by Gasteiger charge is -2.12. The SMILES string of the molecule is CCC(C)NC(=O)c1ccc(C(=O)Nc2cccc(Cl)c2Cl)cc1. The number of hydrogen-bond donors (Lipinski definition) is 2. The third kappa shape index (κ3) is 4.49. The quantitative estimate of drug-likeness (QED) is 0.802. The number of halogens is 2. The minimum absolute atomic E-state index is 0.102. The molecule has 1 atom stereocenters. The number of carbonyl (C=O) groups is 2. The minimum Gasteiger partial charge on any atom is -0.350 e. The molecule has 4 nitrogen and oxygen atoms in total. The smallest absolute Gasteiger partial charge is 0.255 e. The fraction of sp³-hybridized carbons (Fsp3) is 0.222. The molecule has 0 aliphatic rings. The molecule has 2 aromatic carbocycles. The molecular weight excluding hydrogens is 347 g/mol. The molecule has 0 aliphatic heterocycles. The van der Waals surface area contributed by atoms with Crippen molar-refractivity contribution in [3.05, 3.63) is 63.6 Å². The number of nitrogens with one attached hydrogen (secondary N) is 2. The topological polar surface area (TPSA) is 58.2 Å². The Labute approximate surface area is 151 Å². The molecule has 1 unspecified atom stereocenters. The van der Waals surface area contributed by atoms with E-state index >= 15 is 0 Å². The van der Waals surface area contributed by atoms with Crippen LogP contribution in [0.1, 0.15) is 41.0 Å². The monoisotopic (exact) mass is 364 g/mol. The van der Waals surface area contributed by atoms with Gasteiger partial charge < -0.3 is 10.6 Å². The van der Waals surface area contributed by atoms with Crippen LogP contribution in [-0.4, -0.2) is 17.9 Å². The predicted molar refractivity (Wildman–Crippen MR) is 98.1 cm³/mol. The van der Waals surface area contributed by atoms with Crippen LogP contribution in [0.15, 0.2) is 42.5 Å². The molecule has 6 heteroatoms. The Morgan fingerprint density at radius 3 is 2.17 bits per heavy atom. The van der Waals surface area contributed by atoms with Gasteiger partial charge in [0.25, 0.3) is 11.8 Å². The van der Waals surface area contributed by atoms with E-state index in [1.165, 1.54) is 0 Å². The molecule has 0 saturated carbocycles. The van der Waals surface area contributed by atoms with E-state index in [0.717, 1.165) is 6.42 Å². The molecule has 0 heterocycles. The summed E-state index contributed by atoms with van der Waals surface area (Å²) in [6.07, 6.45) is 0.854. The van der Waals surface area contributed by atoms with Gasteiger partial charge in [-0.3, -0.25) is 9.59 Å². The Balaban J connectivity index is 2.08. The van der Waals surface area contributed by atoms with Crippen molar-refractivity contribution in [3.63, 3.8) is 0 Å². The first-order chi connectivity index (χ1) is 11.4. The van der Waals surface area contributed by atoms with Crippen LogP contribution in [0, 0.1) is 0 Å². The molecule has 2 amide bonds. The van der Waals surface area contributed by atoms with Gasteiger partial charge in [0.1, 0.15) is 0 Å². The summed E-state index contributed by atoms with van der Waals surface area (Å²) >= 11 is 12.0. The molecule has 0 bridgehead atoms. The van der Waals surface area contributed by atoms with Crippen LogP contribution >= 0.6 is 23.2 Å². The molecule has 0 aliphatic carbocycles. The molecule has 2 N–H and O–H groups in total. The van der Waals surface area contributed by atoms with Gasteiger partial charge in [0.05, 0.1) is 15.7 Å². The largest absolute Gasteiger partial charge is 0.350 e. The standard InChI is InChI=1S/C18H18Cl2N2O2/c1-3-11(2)21-17(23)12-7-9-13(10-8-12)18(24)22-15-6-4-5-14(19)16(15)20/h4-11H,3H2,1-2H3,(H,21,23)(H,22,24). The summed E-state index contributed by atoms with van der Waals surface area (Å²) in [6.45, 7) is 3.94. The maximum absolute atomic E-state index is 12.3. The fourth-order valence-corrected chi connectivity index (χ4v) is 2.32. The molecule has 0 radical (unpaired) electrons. The highest BCUT2D eigenvalue weighted by atomic mass is 35.5. The summed E-state index contributed by atoms with van der Waals surface area (Å²) in [5, 5.41) is 6.23. The van der Waals surface area contributed by atoms with Crippen molar-refractivity contribution >= 4 is 40.7 Å². The summed E-state index contributed by atoms with van der Waals surface area (Å²) in [5.41, 5.74) is 1.37. The van der Waals surface area contributed by atoms with Crippen molar-refractivity contribution in [1.82, 2.24) is 5.32 Å². The van der Waals surface area contributed by atoms with Gasteiger partial charge in [0, 0.05) is 17.2 Å². The molecule has 2 aromatic rings. The lowest BCUT2D eigenvalue weighted by Crippen LogP contribution is -2.31. The molecule has 2 rings (SSSR count). The highest BCUT2D eigenvalue weighted by Gasteiger charge is 2.12. The van der Waals surface area contributed by atoms with Crippen LogP contribution in [0.2, 0.25) is 10.0 Å². The summed E-state index contributed by atoms with van der Waals surface area (Å²) in [5.74, 6) is -0.484. The van der Waals surface area contributed by atoms with E-state index in [1.54, 1.807) is 42.5 Å². The molecule has 0 aromatic heterocycles. The van der Waals surface area contributed by atoms with Crippen LogP contribution in [0.25, 0.3) is 0 Å². The van der Waals surface area contributed by atoms with E-state index in [0.29, 0.717) is 21.8 Å². The number of rotatable bonds is 5. The molecular formula is C18H18Cl2N2O2. The van der Waals surface area contributed by atoms with Crippen molar-refractivity contribution in [2.45, 2.75) is 26.3 Å². The number of carbonyl (C=O) groups excluding carboxylic acids is 2. The predicted octanol–water partition coefficient (Wildman–Crippen LogP) is 4.77. The lowest BCUT2D eigenvalue weighted by atomic mass is 10.1. The average Bonchev–Trinajstić information content (AvgIpc) is 2.58. The number of anilines is 1. The van der Waals surface area contributed by atoms with E-state index < -0.39 is 0 Å². The Bertz CT molecular complexity index is 745. The minimum atomic E-state index is -0.326. The van der Waals surface area contributed by atoms with Crippen LogP contribution in [-0.2, 0) is 0 Å². The summed E-state index contributed by atoms with van der Waals surface area (Å²) in [6, 6.07) is 11.5. The second-order valence-corrected chi connectivity index (χ2v) is 6.20. The first-order valence-electron chi connectivity index (χ1n) is 7.58. The van der Waals surface area contributed by atoms with E-state index in [2.05, 4.69) is 10.6 Å². The highest BCUT2D eigenvalue weighted by Crippen LogP contribution is 2.29. The number of benzene rings is 2. The van der Waals surface area contributed by atoms with Crippen LogP contribution in [0.5, 0.6) is 0 Å². The van der Waals surface area contributed by atoms with Gasteiger partial charge in [-0.05, 0) is 49.7 Å². The Hall–Kier alpha value is -2.04. The van der Waals surface area contributed by atoms with Gasteiger partial charge >= 0.3 is 0 Å². The first kappa shape index (κ1) is 18.3. The van der Waals surface area contributed by atoms with Gasteiger partial charge in [-0.1, -0.05) is 36.2 Å². The first-order valence-corrected chi connectivity index (χ1v) is 8.34. The maximum atomic E-state index is 12.3. The summed E-state index contributed by atoms with van der Waals surface area (Å²) in [4.78, 5) is 24.3. The second kappa shape index (κ2) is 8.18. The van der Waals surface area contributed by atoms with E-state index in [9.17, 15) is 9.59 Å². The lowest BCUT2D eigenvalue weighted by molar-refractivity contribution is 0.0937. The molecule has 24 heavy (non-hydrogen) atoms. The van der Waals surface area contributed by atoms with Gasteiger partial charge in [-0.2, -0.15) is 0 Å². The molecule has 0 fully saturated rings. The van der Waals surface area contributed by atoms with Crippen molar-refractivity contribution < 1.29 is 9.59 Å². The summed E-state index contributed by atoms with van der Waals surface area (Å²) < 4.78 is 0. The van der Waals surface area contributed by atoms with Crippen molar-refractivity contribution in [1.29, 1.82) is 0 Å². The zero-order valence-corrected chi connectivity index (χ0v) is 14.9. The van der Waals surface area contributed by atoms with Gasteiger partial charge in [-0.25, -0.2) is 0 Å². The Morgan fingerprint density at radius 1 is 1.00 bits per heavy atom. The van der Waals surface area contributed by atoms with E-state index in [-0.39, 0.29) is 22.9 Å². The molecule has 0 saturated heterocycles. The average molecular weight is 365 g/mol. The third-order valence-corrected chi connectivity index (χ3v) is 4.42. The van der Waals surface area contributed by atoms with Crippen LogP contribution in [0.4, 0.5) is 5.69 Å². The normalized spacial score (nSPS) is 11.7. The Morgan fingerprint density at radius 2 is 1.58 bits per heavy atom. The molecule has 0 spiro atoms. The highest BCUT2D eigenvalue weighted by molar-refractivity contribution is 6.44. The van der Waals surface area contributed by atoms with Crippen molar-refractivity contribution in [2.24, 2.45) is 0 Å². The van der Waals surface area contributed by atoms with Gasteiger partial charge in [0.2, 0.25) is 0 Å². The fourth-order valence-electron chi connectivity index (χ4n) is 1.98. The van der Waals surface area contributed by atoms with Gasteiger partial charge in [0.15, 0.2) is 0 Å². The molecule has 126 valence electrons. The second-order valence-electron chi connectivity index (χ2n) is 5.42. The van der Waals surface area contributed by atoms with Gasteiger partial charge in [-0.15, -0.1) is 0 Å². The van der Waals surface area contributed by atoms with Crippen LogP contribution in [0.3, 0.4) is 0 Å². The van der Waals surface area contributed by atoms with Crippen LogP contribution < -0.4 is 10.6 Å². The summed E-state index contributed by atoms with van der Waals surface area (Å²) in [7, 11) is 0. The van der Waals surface area contributed by atoms with E-state index in [1.807, 2.05) is 13.8 Å². The zero-order valence-electron chi connectivity index (χ0n) is 13.4. The van der Waals surface area contributed by atoms with Crippen molar-refractivity contribution in [3.8, 4) is 0 Å². The number of hydrogen-bond acceptors (Lipinski definition) is 2. The third-order valence-electron chi connectivity index (χ3n) is 3.60. The van der Waals surface area contributed by atoms with Crippen molar-refractivity contribution in [2.75, 3.05) is 5.32 Å². The maximum Gasteiger partial charge on any atom is 0.255 e. The Kier molecular flexibility index (Phi) is 6.23. The zero-order chi connectivity index (χ0) is 17.7.